The second-order valence-electron chi connectivity index (χ2n) is 4.11. The van der Waals surface area contributed by atoms with Gasteiger partial charge in [0, 0.05) is 11.6 Å². The molecule has 0 radical (unpaired) electrons. The number of nitrogens with zero attached hydrogens (tertiary/aromatic N) is 1. The van der Waals surface area contributed by atoms with Crippen molar-refractivity contribution in [1.82, 2.24) is 0 Å². The summed E-state index contributed by atoms with van der Waals surface area (Å²) in [7, 11) is 0. The minimum Gasteiger partial charge on any atom is -0.384 e. The lowest BCUT2D eigenvalue weighted by atomic mass is 10.1. The van der Waals surface area contributed by atoms with Gasteiger partial charge in [-0.25, -0.2) is 4.39 Å². The monoisotopic (exact) mass is 274 g/mol. The van der Waals surface area contributed by atoms with Crippen molar-refractivity contribution in [1.29, 1.82) is 5.26 Å². The molecule has 0 aromatic heterocycles. The fourth-order valence-corrected chi connectivity index (χ4v) is 1.97. The van der Waals surface area contributed by atoms with Gasteiger partial charge in [-0.2, -0.15) is 5.26 Å². The zero-order chi connectivity index (χ0) is 13.7. The molecule has 2 aromatic carbocycles. The predicted octanol–water partition coefficient (Wildman–Crippen LogP) is 4.01. The molecule has 96 valence electrons. The molecule has 4 heteroatoms. The van der Waals surface area contributed by atoms with Gasteiger partial charge in [0.15, 0.2) is 0 Å². The first-order valence-corrected chi connectivity index (χ1v) is 6.25. The molecule has 0 unspecified atom stereocenters. The third-order valence-electron chi connectivity index (χ3n) is 2.72. The molecule has 19 heavy (non-hydrogen) atoms. The van der Waals surface area contributed by atoms with Crippen molar-refractivity contribution in [3.63, 3.8) is 0 Å². The van der Waals surface area contributed by atoms with E-state index in [1.165, 1.54) is 12.1 Å². The first-order valence-electron chi connectivity index (χ1n) is 5.87. The van der Waals surface area contributed by atoms with Gasteiger partial charge in [-0.3, -0.25) is 0 Å². The number of benzene rings is 2. The van der Waals surface area contributed by atoms with Crippen LogP contribution in [0.3, 0.4) is 0 Å². The van der Waals surface area contributed by atoms with Crippen LogP contribution in [0.15, 0.2) is 42.5 Å². The zero-order valence-corrected chi connectivity index (χ0v) is 10.9. The molecule has 2 nitrogen and oxygen atoms in total. The average molecular weight is 275 g/mol. The number of nitrogens with one attached hydrogen (secondary N) is 1. The molecule has 0 fully saturated rings. The van der Waals surface area contributed by atoms with Gasteiger partial charge in [0.1, 0.15) is 11.9 Å². The van der Waals surface area contributed by atoms with Crippen LogP contribution in [0.1, 0.15) is 11.1 Å². The van der Waals surface area contributed by atoms with Gasteiger partial charge in [-0.1, -0.05) is 23.7 Å². The summed E-state index contributed by atoms with van der Waals surface area (Å²) in [6, 6.07) is 13.6. The Labute approximate surface area is 116 Å². The molecule has 0 saturated heterocycles. The van der Waals surface area contributed by atoms with Crippen molar-refractivity contribution in [2.24, 2.45) is 0 Å². The summed E-state index contributed by atoms with van der Waals surface area (Å²) in [6.45, 7) is 0.610. The maximum Gasteiger partial charge on any atom is 0.123 e. The number of rotatable bonds is 4. The van der Waals surface area contributed by atoms with E-state index in [-0.39, 0.29) is 5.82 Å². The SMILES string of the molecule is N#Cc1ccc(Cl)cc1NCCc1cccc(F)c1. The van der Waals surface area contributed by atoms with Crippen LogP contribution in [0.2, 0.25) is 5.02 Å². The van der Waals surface area contributed by atoms with Crippen LogP contribution < -0.4 is 5.32 Å². The fourth-order valence-electron chi connectivity index (χ4n) is 1.79. The molecule has 0 aliphatic heterocycles. The average Bonchev–Trinajstić information content (AvgIpc) is 2.39. The Hall–Kier alpha value is -2.05. The molecule has 2 aromatic rings. The molecule has 0 aliphatic carbocycles. The number of anilines is 1. The third kappa shape index (κ3) is 3.70. The highest BCUT2D eigenvalue weighted by molar-refractivity contribution is 6.30. The summed E-state index contributed by atoms with van der Waals surface area (Å²) in [5.41, 5.74) is 2.16. The molecule has 0 bridgehead atoms. The van der Waals surface area contributed by atoms with Crippen LogP contribution in [-0.2, 0) is 6.42 Å². The first-order chi connectivity index (χ1) is 9.19. The molecule has 0 aliphatic rings. The van der Waals surface area contributed by atoms with Gasteiger partial charge in [0.05, 0.1) is 11.3 Å². The van der Waals surface area contributed by atoms with Gasteiger partial charge in [-0.05, 0) is 42.3 Å². The highest BCUT2D eigenvalue weighted by Gasteiger charge is 2.02. The van der Waals surface area contributed by atoms with Gasteiger partial charge < -0.3 is 5.32 Å². The summed E-state index contributed by atoms with van der Waals surface area (Å²) in [6.07, 6.45) is 0.676. The maximum atomic E-state index is 13.0. The first kappa shape index (κ1) is 13.4. The van der Waals surface area contributed by atoms with E-state index in [4.69, 9.17) is 16.9 Å². The Morgan fingerprint density at radius 3 is 2.79 bits per heavy atom. The summed E-state index contributed by atoms with van der Waals surface area (Å²) in [4.78, 5) is 0. The number of halogens is 2. The minimum absolute atomic E-state index is 0.238. The zero-order valence-electron chi connectivity index (χ0n) is 10.2. The van der Waals surface area contributed by atoms with E-state index in [9.17, 15) is 4.39 Å². The lowest BCUT2D eigenvalue weighted by molar-refractivity contribution is 0.625. The molecular formula is C15H12ClFN2. The Bertz CT molecular complexity index is 620. The van der Waals surface area contributed by atoms with Crippen LogP contribution in [0.4, 0.5) is 10.1 Å². The summed E-state index contributed by atoms with van der Waals surface area (Å²) < 4.78 is 13.0. The van der Waals surface area contributed by atoms with Gasteiger partial charge in [-0.15, -0.1) is 0 Å². The van der Waals surface area contributed by atoms with Gasteiger partial charge in [0.25, 0.3) is 0 Å². The van der Waals surface area contributed by atoms with E-state index in [1.54, 1.807) is 24.3 Å². The smallest absolute Gasteiger partial charge is 0.123 e. The topological polar surface area (TPSA) is 35.8 Å². The molecular weight excluding hydrogens is 263 g/mol. The summed E-state index contributed by atoms with van der Waals surface area (Å²) in [5, 5.41) is 12.7. The number of hydrogen-bond acceptors (Lipinski definition) is 2. The van der Waals surface area contributed by atoms with E-state index in [1.807, 2.05) is 6.07 Å². The molecule has 0 saturated carbocycles. The van der Waals surface area contributed by atoms with Crippen molar-refractivity contribution in [2.45, 2.75) is 6.42 Å². The van der Waals surface area contributed by atoms with Gasteiger partial charge >= 0.3 is 0 Å². The van der Waals surface area contributed by atoms with Crippen LogP contribution in [0, 0.1) is 17.1 Å². The van der Waals surface area contributed by atoms with E-state index < -0.39 is 0 Å². The van der Waals surface area contributed by atoms with Gasteiger partial charge in [0.2, 0.25) is 0 Å². The number of nitriles is 1. The Kier molecular flexibility index (Phi) is 4.38. The molecule has 0 amide bonds. The number of hydrogen-bond donors (Lipinski definition) is 1. The summed E-state index contributed by atoms with van der Waals surface area (Å²) >= 11 is 5.89. The predicted molar refractivity (Wildman–Crippen MR) is 74.8 cm³/mol. The van der Waals surface area contributed by atoms with E-state index in [0.29, 0.717) is 29.2 Å². The van der Waals surface area contributed by atoms with Crippen molar-refractivity contribution in [2.75, 3.05) is 11.9 Å². The van der Waals surface area contributed by atoms with Crippen LogP contribution >= 0.6 is 11.6 Å². The Balaban J connectivity index is 2.00. The quantitative estimate of drug-likeness (QED) is 0.914. The van der Waals surface area contributed by atoms with E-state index >= 15 is 0 Å². The second-order valence-corrected chi connectivity index (χ2v) is 4.54. The van der Waals surface area contributed by atoms with Crippen molar-refractivity contribution < 1.29 is 4.39 Å². The van der Waals surface area contributed by atoms with E-state index in [0.717, 1.165) is 5.56 Å². The Morgan fingerprint density at radius 1 is 1.21 bits per heavy atom. The lowest BCUT2D eigenvalue weighted by Crippen LogP contribution is -2.06. The Morgan fingerprint density at radius 2 is 2.05 bits per heavy atom. The van der Waals surface area contributed by atoms with E-state index in [2.05, 4.69) is 11.4 Å². The fraction of sp³-hybridized carbons (Fsp3) is 0.133. The van der Waals surface area contributed by atoms with Crippen molar-refractivity contribution >= 4 is 17.3 Å². The maximum absolute atomic E-state index is 13.0. The standard InChI is InChI=1S/C15H12ClFN2/c16-13-5-4-12(10-18)15(9-13)19-7-6-11-2-1-3-14(17)8-11/h1-5,8-9,19H,6-7H2. The van der Waals surface area contributed by atoms with Crippen LogP contribution in [0.5, 0.6) is 0 Å². The molecule has 0 spiro atoms. The minimum atomic E-state index is -0.238. The largest absolute Gasteiger partial charge is 0.384 e. The molecule has 0 heterocycles. The van der Waals surface area contributed by atoms with Crippen molar-refractivity contribution in [3.05, 3.63) is 64.4 Å². The molecule has 2 rings (SSSR count). The normalized spacial score (nSPS) is 9.95. The molecule has 1 N–H and O–H groups in total. The van der Waals surface area contributed by atoms with Crippen molar-refractivity contribution in [3.8, 4) is 6.07 Å². The lowest BCUT2D eigenvalue weighted by Gasteiger charge is -2.08. The summed E-state index contributed by atoms with van der Waals surface area (Å²) in [5.74, 6) is -0.238. The third-order valence-corrected chi connectivity index (χ3v) is 2.96. The second kappa shape index (κ2) is 6.21. The highest BCUT2D eigenvalue weighted by atomic mass is 35.5. The van der Waals surface area contributed by atoms with Crippen LogP contribution in [-0.4, -0.2) is 6.54 Å². The highest BCUT2D eigenvalue weighted by Crippen LogP contribution is 2.20. The van der Waals surface area contributed by atoms with Crippen LogP contribution in [0.25, 0.3) is 0 Å². The molecule has 0 atom stereocenters.